The Hall–Kier alpha value is -3.09. The number of pyridine rings is 1. The second-order valence-corrected chi connectivity index (χ2v) is 4.98. The van der Waals surface area contributed by atoms with Crippen molar-refractivity contribution in [2.45, 2.75) is 6.54 Å². The first kappa shape index (κ1) is 15.8. The maximum absolute atomic E-state index is 5.48. The lowest BCUT2D eigenvalue weighted by Crippen LogP contribution is -2.04. The number of anilines is 1. The summed E-state index contributed by atoms with van der Waals surface area (Å²) < 4.78 is 16.3. The molecule has 0 aliphatic heterocycles. The molecule has 0 aliphatic rings. The lowest BCUT2D eigenvalue weighted by molar-refractivity contribution is 0.327. The summed E-state index contributed by atoms with van der Waals surface area (Å²) in [5, 5.41) is 4.09. The van der Waals surface area contributed by atoms with E-state index in [-0.39, 0.29) is 0 Å². The first-order chi connectivity index (χ1) is 11.8. The average molecular weight is 326 g/mol. The van der Waals surface area contributed by atoms with Gasteiger partial charge in [0.1, 0.15) is 17.7 Å². The molecule has 0 unspecified atom stereocenters. The third-order valence-corrected chi connectivity index (χ3v) is 3.62. The third kappa shape index (κ3) is 2.88. The molecule has 1 aromatic carbocycles. The van der Waals surface area contributed by atoms with Gasteiger partial charge in [0.2, 0.25) is 5.75 Å². The quantitative estimate of drug-likeness (QED) is 0.746. The molecule has 124 valence electrons. The summed E-state index contributed by atoms with van der Waals surface area (Å²) in [7, 11) is 4.71. The van der Waals surface area contributed by atoms with E-state index in [0.29, 0.717) is 35.1 Å². The van der Waals surface area contributed by atoms with E-state index >= 15 is 0 Å². The van der Waals surface area contributed by atoms with E-state index < -0.39 is 0 Å². The monoisotopic (exact) mass is 326 g/mol. The number of methoxy groups -OCH3 is 3. The van der Waals surface area contributed by atoms with Crippen LogP contribution in [-0.2, 0) is 6.54 Å². The summed E-state index contributed by atoms with van der Waals surface area (Å²) in [5.74, 6) is 2.26. The van der Waals surface area contributed by atoms with Gasteiger partial charge in [-0.2, -0.15) is 0 Å². The number of nitrogens with one attached hydrogen (secondary N) is 1. The van der Waals surface area contributed by atoms with E-state index in [0.717, 1.165) is 10.9 Å². The van der Waals surface area contributed by atoms with Gasteiger partial charge in [0.25, 0.3) is 0 Å². The van der Waals surface area contributed by atoms with Gasteiger partial charge in [-0.15, -0.1) is 0 Å². The molecule has 0 spiro atoms. The fraction of sp³-hybridized carbons (Fsp3) is 0.235. The van der Waals surface area contributed by atoms with E-state index in [9.17, 15) is 0 Å². The number of ether oxygens (including phenoxy) is 3. The number of nitrogens with zero attached hydrogens (tertiary/aromatic N) is 3. The van der Waals surface area contributed by atoms with Crippen LogP contribution < -0.4 is 19.5 Å². The predicted octanol–water partition coefficient (Wildman–Crippen LogP) is 2.66. The van der Waals surface area contributed by atoms with Gasteiger partial charge >= 0.3 is 0 Å². The minimum atomic E-state index is 0.504. The Labute approximate surface area is 139 Å². The molecule has 0 aliphatic carbocycles. The Morgan fingerprint density at radius 1 is 1.04 bits per heavy atom. The molecule has 0 fully saturated rings. The molecule has 0 atom stereocenters. The van der Waals surface area contributed by atoms with E-state index in [1.165, 1.54) is 6.33 Å². The van der Waals surface area contributed by atoms with Crippen LogP contribution in [0.1, 0.15) is 5.56 Å². The molecule has 7 nitrogen and oxygen atoms in total. The molecule has 3 aromatic rings. The number of rotatable bonds is 6. The standard InChI is InChI=1S/C17H18N4O3/c1-22-13-7-12-14(16(24-3)15(13)23-2)20-10-21-17(12)19-9-11-5-4-6-18-8-11/h4-8,10H,9H2,1-3H3,(H,19,20,21). The second kappa shape index (κ2) is 6.99. The number of fused-ring (bicyclic) bond motifs is 1. The number of hydrogen-bond donors (Lipinski definition) is 1. The van der Waals surface area contributed by atoms with Crippen LogP contribution in [-0.4, -0.2) is 36.3 Å². The third-order valence-electron chi connectivity index (χ3n) is 3.62. The van der Waals surface area contributed by atoms with E-state index in [1.807, 2.05) is 18.2 Å². The van der Waals surface area contributed by atoms with Crippen molar-refractivity contribution in [2.24, 2.45) is 0 Å². The molecule has 0 radical (unpaired) electrons. The smallest absolute Gasteiger partial charge is 0.205 e. The van der Waals surface area contributed by atoms with Crippen LogP contribution in [0.2, 0.25) is 0 Å². The zero-order valence-electron chi connectivity index (χ0n) is 13.7. The molecule has 1 N–H and O–H groups in total. The fourth-order valence-electron chi connectivity index (χ4n) is 2.49. The fourth-order valence-corrected chi connectivity index (χ4v) is 2.49. The molecule has 0 bridgehead atoms. The van der Waals surface area contributed by atoms with Gasteiger partial charge in [-0.25, -0.2) is 9.97 Å². The van der Waals surface area contributed by atoms with Crippen molar-refractivity contribution < 1.29 is 14.2 Å². The van der Waals surface area contributed by atoms with Gasteiger partial charge in [-0.1, -0.05) is 6.07 Å². The van der Waals surface area contributed by atoms with Gasteiger partial charge in [-0.05, 0) is 17.7 Å². The highest BCUT2D eigenvalue weighted by molar-refractivity contribution is 5.96. The van der Waals surface area contributed by atoms with Crippen LogP contribution in [0.5, 0.6) is 17.2 Å². The maximum atomic E-state index is 5.48. The maximum Gasteiger partial charge on any atom is 0.205 e. The highest BCUT2D eigenvalue weighted by atomic mass is 16.5. The van der Waals surface area contributed by atoms with Crippen molar-refractivity contribution in [2.75, 3.05) is 26.6 Å². The summed E-state index contributed by atoms with van der Waals surface area (Å²) in [6, 6.07) is 5.72. The molecular weight excluding hydrogens is 308 g/mol. The van der Waals surface area contributed by atoms with Crippen LogP contribution in [0.3, 0.4) is 0 Å². The van der Waals surface area contributed by atoms with Crippen LogP contribution >= 0.6 is 0 Å². The highest BCUT2D eigenvalue weighted by Gasteiger charge is 2.19. The van der Waals surface area contributed by atoms with Crippen molar-refractivity contribution in [3.63, 3.8) is 0 Å². The second-order valence-electron chi connectivity index (χ2n) is 4.98. The van der Waals surface area contributed by atoms with Crippen molar-refractivity contribution >= 4 is 16.7 Å². The van der Waals surface area contributed by atoms with Crippen molar-refractivity contribution in [1.82, 2.24) is 15.0 Å². The van der Waals surface area contributed by atoms with E-state index in [4.69, 9.17) is 14.2 Å². The van der Waals surface area contributed by atoms with Gasteiger partial charge in [0.15, 0.2) is 11.5 Å². The zero-order chi connectivity index (χ0) is 16.9. The largest absolute Gasteiger partial charge is 0.493 e. The zero-order valence-corrected chi connectivity index (χ0v) is 13.7. The van der Waals surface area contributed by atoms with E-state index in [1.54, 1.807) is 33.7 Å². The van der Waals surface area contributed by atoms with Gasteiger partial charge in [-0.3, -0.25) is 4.98 Å². The lowest BCUT2D eigenvalue weighted by Gasteiger charge is -2.15. The molecule has 7 heteroatoms. The Morgan fingerprint density at radius 2 is 1.88 bits per heavy atom. The van der Waals surface area contributed by atoms with Crippen LogP contribution in [0.15, 0.2) is 36.9 Å². The lowest BCUT2D eigenvalue weighted by atomic mass is 10.1. The minimum absolute atomic E-state index is 0.504. The molecule has 2 heterocycles. The summed E-state index contributed by atoms with van der Waals surface area (Å²) in [4.78, 5) is 12.8. The Bertz CT molecular complexity index is 840. The van der Waals surface area contributed by atoms with Crippen LogP contribution in [0.4, 0.5) is 5.82 Å². The van der Waals surface area contributed by atoms with Gasteiger partial charge < -0.3 is 19.5 Å². The first-order valence-electron chi connectivity index (χ1n) is 7.35. The number of aromatic nitrogens is 3. The summed E-state index contributed by atoms with van der Waals surface area (Å²) in [6.45, 7) is 0.594. The number of benzene rings is 1. The summed E-state index contributed by atoms with van der Waals surface area (Å²) in [5.41, 5.74) is 1.70. The van der Waals surface area contributed by atoms with Crippen LogP contribution in [0.25, 0.3) is 10.9 Å². The summed E-state index contributed by atoms with van der Waals surface area (Å²) in [6.07, 6.45) is 5.04. The predicted molar refractivity (Wildman–Crippen MR) is 90.8 cm³/mol. The highest BCUT2D eigenvalue weighted by Crippen LogP contribution is 2.43. The Kier molecular flexibility index (Phi) is 4.60. The Balaban J connectivity index is 2.06. The normalized spacial score (nSPS) is 10.5. The number of hydrogen-bond acceptors (Lipinski definition) is 7. The van der Waals surface area contributed by atoms with Crippen molar-refractivity contribution in [1.29, 1.82) is 0 Å². The van der Waals surface area contributed by atoms with Crippen LogP contribution in [0, 0.1) is 0 Å². The average Bonchev–Trinajstić information content (AvgIpc) is 2.65. The molecule has 3 rings (SSSR count). The molecular formula is C17H18N4O3. The molecule has 0 saturated heterocycles. The molecule has 0 saturated carbocycles. The SMILES string of the molecule is COc1cc2c(NCc3cccnc3)ncnc2c(OC)c1OC. The van der Waals surface area contributed by atoms with Crippen molar-refractivity contribution in [3.8, 4) is 17.2 Å². The molecule has 24 heavy (non-hydrogen) atoms. The van der Waals surface area contributed by atoms with E-state index in [2.05, 4.69) is 20.3 Å². The topological polar surface area (TPSA) is 78.4 Å². The first-order valence-corrected chi connectivity index (χ1v) is 7.35. The molecule has 2 aromatic heterocycles. The van der Waals surface area contributed by atoms with Gasteiger partial charge in [0, 0.05) is 18.9 Å². The molecule has 0 amide bonds. The minimum Gasteiger partial charge on any atom is -0.493 e. The Morgan fingerprint density at radius 3 is 2.54 bits per heavy atom. The summed E-state index contributed by atoms with van der Waals surface area (Å²) >= 11 is 0. The van der Waals surface area contributed by atoms with Crippen molar-refractivity contribution in [3.05, 3.63) is 42.5 Å². The van der Waals surface area contributed by atoms with Gasteiger partial charge in [0.05, 0.1) is 26.7 Å².